The number of fused-ring (bicyclic) bond motifs is 2. The minimum atomic E-state index is -6.87. The summed E-state index contributed by atoms with van der Waals surface area (Å²) in [7, 11) is -6.87. The molecular formula is C11H12F6O6S. The van der Waals surface area contributed by atoms with Crippen molar-refractivity contribution >= 4 is 16.1 Å². The highest BCUT2D eigenvalue weighted by Gasteiger charge is 2.82. The fraction of sp³-hybridized carbons (Fsp3) is 0.909. The Labute approximate surface area is 131 Å². The van der Waals surface area contributed by atoms with Crippen LogP contribution in [0.15, 0.2) is 0 Å². The van der Waals surface area contributed by atoms with Gasteiger partial charge in [0.2, 0.25) is 0 Å². The van der Waals surface area contributed by atoms with Gasteiger partial charge >= 0.3 is 33.2 Å². The summed E-state index contributed by atoms with van der Waals surface area (Å²) in [5, 5.41) is 3.65. The van der Waals surface area contributed by atoms with Crippen molar-refractivity contribution in [2.75, 3.05) is 0 Å². The Hall–Kier alpha value is -1.08. The van der Waals surface area contributed by atoms with Gasteiger partial charge in [0, 0.05) is 0 Å². The molecule has 0 aromatic carbocycles. The number of ether oxygens (including phenoxy) is 1. The molecule has 5 unspecified atom stereocenters. The van der Waals surface area contributed by atoms with Crippen LogP contribution in [0.3, 0.4) is 0 Å². The maximum absolute atomic E-state index is 14.1. The lowest BCUT2D eigenvalue weighted by Gasteiger charge is -2.33. The lowest BCUT2D eigenvalue weighted by atomic mass is 9.95. The van der Waals surface area contributed by atoms with Crippen LogP contribution in [-0.4, -0.2) is 53.4 Å². The summed E-state index contributed by atoms with van der Waals surface area (Å²) in [5.41, 5.74) is 0. The Morgan fingerprint density at radius 1 is 1.04 bits per heavy atom. The highest BCUT2D eigenvalue weighted by Crippen LogP contribution is 2.51. The number of rotatable bonds is 4. The third-order valence-electron chi connectivity index (χ3n) is 4.42. The smallest absolute Gasteiger partial charge is 0.456 e. The molecule has 2 bridgehead atoms. The molecule has 0 aromatic rings. The van der Waals surface area contributed by atoms with Crippen LogP contribution in [0.25, 0.3) is 0 Å². The molecule has 24 heavy (non-hydrogen) atoms. The van der Waals surface area contributed by atoms with Crippen LogP contribution in [0.2, 0.25) is 0 Å². The average Bonchev–Trinajstić information content (AvgIpc) is 2.98. The van der Waals surface area contributed by atoms with Gasteiger partial charge in [-0.2, -0.15) is 30.4 Å². The molecule has 13 heteroatoms. The standard InChI is InChI=1S/C11H12F6O6S/c12-9(24(20,21)22,10(13,14)11(15,16)17)8(19)23-7-5-2-1-4(3-5)6(7)18/h4-7,18H,1-3H2,(H,20,21,22). The summed E-state index contributed by atoms with van der Waals surface area (Å²) in [6.07, 6.45) is -8.79. The van der Waals surface area contributed by atoms with Crippen LogP contribution < -0.4 is 0 Å². The van der Waals surface area contributed by atoms with Crippen LogP contribution in [0.5, 0.6) is 0 Å². The average molecular weight is 386 g/mol. The summed E-state index contributed by atoms with van der Waals surface area (Å²) in [5.74, 6) is -10.9. The van der Waals surface area contributed by atoms with Gasteiger partial charge in [-0.05, 0) is 31.1 Å². The second-order valence-corrected chi connectivity index (χ2v) is 7.35. The number of halogens is 6. The van der Waals surface area contributed by atoms with Crippen LogP contribution in [0.1, 0.15) is 19.3 Å². The van der Waals surface area contributed by atoms with E-state index >= 15 is 0 Å². The predicted octanol–water partition coefficient (Wildman–Crippen LogP) is 1.44. The van der Waals surface area contributed by atoms with E-state index < -0.39 is 57.2 Å². The van der Waals surface area contributed by atoms with Gasteiger partial charge in [-0.3, -0.25) is 4.55 Å². The zero-order valence-electron chi connectivity index (χ0n) is 11.6. The summed E-state index contributed by atoms with van der Waals surface area (Å²) >= 11 is 0. The molecule has 2 saturated carbocycles. The third kappa shape index (κ3) is 2.56. The predicted molar refractivity (Wildman–Crippen MR) is 63.1 cm³/mol. The first-order valence-corrected chi connectivity index (χ1v) is 8.08. The van der Waals surface area contributed by atoms with Gasteiger partial charge in [0.05, 0.1) is 6.10 Å². The van der Waals surface area contributed by atoms with Crippen LogP contribution >= 0.6 is 0 Å². The van der Waals surface area contributed by atoms with Crippen LogP contribution in [0.4, 0.5) is 26.3 Å². The van der Waals surface area contributed by atoms with E-state index in [4.69, 9.17) is 4.55 Å². The van der Waals surface area contributed by atoms with Crippen molar-refractivity contribution in [1.82, 2.24) is 0 Å². The van der Waals surface area contributed by atoms with E-state index in [1.807, 2.05) is 0 Å². The van der Waals surface area contributed by atoms with Crippen molar-refractivity contribution in [3.05, 3.63) is 0 Å². The molecule has 2 rings (SSSR count). The summed E-state index contributed by atoms with van der Waals surface area (Å²) in [4.78, 5) is 11.6. The Morgan fingerprint density at radius 3 is 1.92 bits per heavy atom. The number of aliphatic hydroxyl groups is 1. The van der Waals surface area contributed by atoms with E-state index in [9.17, 15) is 44.7 Å². The van der Waals surface area contributed by atoms with E-state index in [2.05, 4.69) is 4.74 Å². The Bertz CT molecular complexity index is 631. The molecule has 0 aromatic heterocycles. The molecule has 0 aliphatic heterocycles. The molecule has 0 saturated heterocycles. The SMILES string of the molecule is O=C(OC1C2CCC(C2)C1O)C(F)(C(F)(F)C(F)(F)F)S(=O)(=O)O. The number of alkyl halides is 6. The van der Waals surface area contributed by atoms with Gasteiger partial charge in [0.15, 0.2) is 0 Å². The lowest BCUT2D eigenvalue weighted by molar-refractivity contribution is -0.311. The molecule has 0 spiro atoms. The number of carbonyl (C=O) groups is 1. The zero-order valence-corrected chi connectivity index (χ0v) is 12.5. The van der Waals surface area contributed by atoms with E-state index in [0.717, 1.165) is 0 Å². The Morgan fingerprint density at radius 2 is 1.54 bits per heavy atom. The van der Waals surface area contributed by atoms with Crippen molar-refractivity contribution in [3.63, 3.8) is 0 Å². The molecule has 5 atom stereocenters. The van der Waals surface area contributed by atoms with Gasteiger partial charge in [0.1, 0.15) is 6.10 Å². The van der Waals surface area contributed by atoms with Gasteiger partial charge in [-0.25, -0.2) is 9.18 Å². The summed E-state index contributed by atoms with van der Waals surface area (Å²) in [6.45, 7) is 0. The van der Waals surface area contributed by atoms with Crippen molar-refractivity contribution in [2.24, 2.45) is 11.8 Å². The minimum absolute atomic E-state index is 0.264. The van der Waals surface area contributed by atoms with Crippen molar-refractivity contribution in [2.45, 2.75) is 48.6 Å². The van der Waals surface area contributed by atoms with Gasteiger partial charge in [-0.15, -0.1) is 0 Å². The Kier molecular flexibility index (Phi) is 4.38. The number of carbonyl (C=O) groups excluding carboxylic acids is 1. The molecule has 2 aliphatic carbocycles. The normalized spacial score (nSPS) is 33.3. The molecule has 140 valence electrons. The first-order chi connectivity index (χ1) is 10.6. The highest BCUT2D eigenvalue weighted by atomic mass is 32.2. The summed E-state index contributed by atoms with van der Waals surface area (Å²) < 4.78 is 112. The van der Waals surface area contributed by atoms with Gasteiger partial charge in [-0.1, -0.05) is 0 Å². The first-order valence-electron chi connectivity index (χ1n) is 6.64. The number of aliphatic hydroxyl groups excluding tert-OH is 1. The maximum atomic E-state index is 14.1. The van der Waals surface area contributed by atoms with Crippen molar-refractivity contribution in [1.29, 1.82) is 0 Å². The maximum Gasteiger partial charge on any atom is 0.458 e. The molecule has 2 N–H and O–H groups in total. The molecular weight excluding hydrogens is 374 g/mol. The second-order valence-electron chi connectivity index (χ2n) is 5.84. The minimum Gasteiger partial charge on any atom is -0.456 e. The Balaban J connectivity index is 2.37. The largest absolute Gasteiger partial charge is 0.458 e. The number of hydrogen-bond acceptors (Lipinski definition) is 5. The molecule has 0 amide bonds. The second kappa shape index (κ2) is 5.46. The summed E-state index contributed by atoms with van der Waals surface area (Å²) in [6, 6.07) is 0. The molecule has 2 aliphatic rings. The fourth-order valence-electron chi connectivity index (χ4n) is 3.15. The molecule has 6 nitrogen and oxygen atoms in total. The molecule has 0 heterocycles. The number of hydrogen-bond donors (Lipinski definition) is 2. The van der Waals surface area contributed by atoms with Crippen molar-refractivity contribution in [3.8, 4) is 0 Å². The fourth-order valence-corrected chi connectivity index (χ4v) is 3.85. The monoisotopic (exact) mass is 386 g/mol. The molecule has 2 fully saturated rings. The van der Waals surface area contributed by atoms with E-state index in [1.54, 1.807) is 0 Å². The van der Waals surface area contributed by atoms with E-state index in [0.29, 0.717) is 12.8 Å². The highest BCUT2D eigenvalue weighted by molar-refractivity contribution is 7.88. The van der Waals surface area contributed by atoms with Crippen LogP contribution in [0, 0.1) is 11.8 Å². The number of esters is 1. The zero-order chi connectivity index (χ0) is 18.7. The van der Waals surface area contributed by atoms with E-state index in [1.165, 1.54) is 0 Å². The quantitative estimate of drug-likeness (QED) is 0.431. The topological polar surface area (TPSA) is 101 Å². The van der Waals surface area contributed by atoms with E-state index in [-0.39, 0.29) is 6.42 Å². The lowest BCUT2D eigenvalue weighted by Crippen LogP contribution is -2.64. The third-order valence-corrected chi connectivity index (χ3v) is 5.55. The molecule has 0 radical (unpaired) electrons. The van der Waals surface area contributed by atoms with Crippen LogP contribution in [-0.2, 0) is 19.6 Å². The van der Waals surface area contributed by atoms with Crippen molar-refractivity contribution < 1.29 is 54.0 Å². The van der Waals surface area contributed by atoms with Gasteiger partial charge < -0.3 is 9.84 Å². The van der Waals surface area contributed by atoms with Gasteiger partial charge in [0.25, 0.3) is 0 Å². The first kappa shape index (κ1) is 19.2.